The van der Waals surface area contributed by atoms with Crippen molar-refractivity contribution in [2.24, 2.45) is 0 Å². The van der Waals surface area contributed by atoms with Gasteiger partial charge in [0.2, 0.25) is 0 Å². The molecule has 1 saturated heterocycles. The monoisotopic (exact) mass is 444 g/mol. The summed E-state index contributed by atoms with van der Waals surface area (Å²) in [6, 6.07) is 3.74. The summed E-state index contributed by atoms with van der Waals surface area (Å²) in [5.41, 5.74) is 1.69. The number of carbonyl (C=O) groups excluding carboxylic acids is 1. The normalized spacial score (nSPS) is 15.6. The molecule has 0 bridgehead atoms. The summed E-state index contributed by atoms with van der Waals surface area (Å²) >= 11 is 6.69. The third-order valence-electron chi connectivity index (χ3n) is 5.06. The van der Waals surface area contributed by atoms with Gasteiger partial charge in [-0.1, -0.05) is 62.7 Å². The Morgan fingerprint density at radius 2 is 1.97 bits per heavy atom. The highest BCUT2D eigenvalue weighted by Gasteiger charge is 2.32. The Morgan fingerprint density at radius 3 is 2.70 bits per heavy atom. The number of nitrogens with one attached hydrogen (secondary N) is 1. The van der Waals surface area contributed by atoms with E-state index in [-0.39, 0.29) is 11.5 Å². The summed E-state index contributed by atoms with van der Waals surface area (Å²) in [5.74, 6) is 0.360. The summed E-state index contributed by atoms with van der Waals surface area (Å²) in [6.45, 7) is 7.29. The number of unbranched alkanes of at least 4 members (excludes halogenated alkanes) is 4. The third-order valence-corrected chi connectivity index (χ3v) is 6.44. The Bertz CT molecular complexity index is 1050. The minimum Gasteiger partial charge on any atom is -0.370 e. The van der Waals surface area contributed by atoms with Gasteiger partial charge in [-0.2, -0.15) is 0 Å². The molecule has 3 rings (SSSR count). The number of pyridine rings is 1. The maximum Gasteiger partial charge on any atom is 0.267 e. The van der Waals surface area contributed by atoms with Crippen LogP contribution in [0, 0.1) is 6.92 Å². The summed E-state index contributed by atoms with van der Waals surface area (Å²) in [4.78, 5) is 32.9. The lowest BCUT2D eigenvalue weighted by atomic mass is 10.1. The number of rotatable bonds is 9. The van der Waals surface area contributed by atoms with E-state index in [1.165, 1.54) is 35.4 Å². The number of thiocarbonyl (C=S) groups is 1. The highest BCUT2D eigenvalue weighted by molar-refractivity contribution is 8.26. The summed E-state index contributed by atoms with van der Waals surface area (Å²) in [5, 5.41) is 3.17. The van der Waals surface area contributed by atoms with Gasteiger partial charge in [0.15, 0.2) is 0 Å². The maximum absolute atomic E-state index is 13.2. The predicted octanol–water partition coefficient (Wildman–Crippen LogP) is 4.61. The first-order valence-electron chi connectivity index (χ1n) is 10.5. The second-order valence-electron chi connectivity index (χ2n) is 7.34. The number of fused-ring (bicyclic) bond motifs is 1. The molecule has 160 valence electrons. The fourth-order valence-electron chi connectivity index (χ4n) is 3.44. The Labute approximate surface area is 186 Å². The van der Waals surface area contributed by atoms with Crippen LogP contribution in [0.1, 0.15) is 57.1 Å². The van der Waals surface area contributed by atoms with Gasteiger partial charge in [0.05, 0.1) is 10.5 Å². The molecule has 8 heteroatoms. The zero-order valence-electron chi connectivity index (χ0n) is 17.7. The molecule has 0 radical (unpaired) electrons. The van der Waals surface area contributed by atoms with Gasteiger partial charge in [-0.15, -0.1) is 0 Å². The molecule has 2 aromatic rings. The number of hydrogen-bond donors (Lipinski definition) is 1. The number of nitrogens with zero attached hydrogens (tertiary/aromatic N) is 3. The maximum atomic E-state index is 13.2. The van der Waals surface area contributed by atoms with Crippen LogP contribution in [0.3, 0.4) is 0 Å². The molecular formula is C22H28N4O2S2. The second kappa shape index (κ2) is 10.2. The molecule has 0 aliphatic carbocycles. The first-order valence-corrected chi connectivity index (χ1v) is 11.7. The molecule has 0 spiro atoms. The molecule has 30 heavy (non-hydrogen) atoms. The number of carbonyl (C=O) groups is 1. The molecule has 3 heterocycles. The van der Waals surface area contributed by atoms with Gasteiger partial charge >= 0.3 is 0 Å². The molecule has 1 N–H and O–H groups in total. The number of thioether (sulfide) groups is 1. The molecule has 6 nitrogen and oxygen atoms in total. The van der Waals surface area contributed by atoms with E-state index in [1.54, 1.807) is 17.2 Å². The quantitative estimate of drug-likeness (QED) is 0.346. The zero-order valence-corrected chi connectivity index (χ0v) is 19.4. The van der Waals surface area contributed by atoms with Crippen molar-refractivity contribution in [3.8, 4) is 0 Å². The number of hydrogen-bond acceptors (Lipinski definition) is 6. The smallest absolute Gasteiger partial charge is 0.267 e. The van der Waals surface area contributed by atoms with Crippen LogP contribution in [0.2, 0.25) is 0 Å². The molecule has 0 aromatic carbocycles. The molecule has 1 fully saturated rings. The second-order valence-corrected chi connectivity index (χ2v) is 9.02. The number of amides is 1. The lowest BCUT2D eigenvalue weighted by molar-refractivity contribution is -0.122. The van der Waals surface area contributed by atoms with Crippen LogP contribution in [-0.4, -0.2) is 37.6 Å². The first kappa shape index (κ1) is 22.5. The lowest BCUT2D eigenvalue weighted by Crippen LogP contribution is -2.29. The van der Waals surface area contributed by atoms with Gasteiger partial charge in [-0.25, -0.2) is 4.98 Å². The molecule has 1 aliphatic rings. The summed E-state index contributed by atoms with van der Waals surface area (Å²) < 4.78 is 2.08. The standard InChI is InChI=1S/C22H28N4O2S2/c1-4-6-7-8-9-12-26-21(28)17(30-22(26)29)14-16-18(23-5-2)24-19-15(3)11-10-13-25(19)20(16)27/h10-11,13-14,23H,4-9,12H2,1-3H3/b17-14-. The minimum atomic E-state index is -0.204. The van der Waals surface area contributed by atoms with E-state index in [9.17, 15) is 9.59 Å². The van der Waals surface area contributed by atoms with Crippen LogP contribution in [0.15, 0.2) is 28.0 Å². The van der Waals surface area contributed by atoms with Crippen molar-refractivity contribution in [2.45, 2.75) is 52.9 Å². The van der Waals surface area contributed by atoms with Crippen LogP contribution >= 0.6 is 24.0 Å². The van der Waals surface area contributed by atoms with Crippen LogP contribution in [0.4, 0.5) is 5.82 Å². The van der Waals surface area contributed by atoms with E-state index in [0.29, 0.717) is 39.3 Å². The molecule has 1 aliphatic heterocycles. The molecule has 0 saturated carbocycles. The van der Waals surface area contributed by atoms with Crippen molar-refractivity contribution in [1.29, 1.82) is 0 Å². The first-order chi connectivity index (χ1) is 14.5. The third kappa shape index (κ3) is 4.75. The summed E-state index contributed by atoms with van der Waals surface area (Å²) in [7, 11) is 0. The SMILES string of the molecule is CCCCCCCN1C(=O)/C(=C/c2c(NCC)nc3c(C)cccn3c2=O)SC1=S. The molecule has 2 aromatic heterocycles. The van der Waals surface area contributed by atoms with E-state index in [0.717, 1.165) is 18.4 Å². The largest absolute Gasteiger partial charge is 0.370 e. The molecular weight excluding hydrogens is 416 g/mol. The van der Waals surface area contributed by atoms with Crippen molar-refractivity contribution in [1.82, 2.24) is 14.3 Å². The lowest BCUT2D eigenvalue weighted by Gasteiger charge is -2.14. The number of anilines is 1. The molecule has 0 atom stereocenters. The summed E-state index contributed by atoms with van der Waals surface area (Å²) in [6.07, 6.45) is 8.93. The van der Waals surface area contributed by atoms with Crippen LogP contribution < -0.4 is 10.9 Å². The molecule has 0 unspecified atom stereocenters. The molecule has 1 amide bonds. The van der Waals surface area contributed by atoms with E-state index < -0.39 is 0 Å². The van der Waals surface area contributed by atoms with Gasteiger partial charge in [-0.05, 0) is 38.0 Å². The fraction of sp³-hybridized carbons (Fsp3) is 0.455. The van der Waals surface area contributed by atoms with Crippen LogP contribution in [-0.2, 0) is 4.79 Å². The average molecular weight is 445 g/mol. The fourth-order valence-corrected chi connectivity index (χ4v) is 4.73. The minimum absolute atomic E-state index is 0.128. The van der Waals surface area contributed by atoms with Crippen molar-refractivity contribution in [2.75, 3.05) is 18.4 Å². The van der Waals surface area contributed by atoms with E-state index >= 15 is 0 Å². The van der Waals surface area contributed by atoms with Gasteiger partial charge in [0.1, 0.15) is 15.8 Å². The van der Waals surface area contributed by atoms with Gasteiger partial charge < -0.3 is 5.32 Å². The predicted molar refractivity (Wildman–Crippen MR) is 129 cm³/mol. The Balaban J connectivity index is 1.91. The Kier molecular flexibility index (Phi) is 7.66. The highest BCUT2D eigenvalue weighted by Crippen LogP contribution is 2.33. The Hall–Kier alpha value is -2.19. The van der Waals surface area contributed by atoms with Gasteiger partial charge in [0, 0.05) is 19.3 Å². The Morgan fingerprint density at radius 1 is 1.20 bits per heavy atom. The topological polar surface area (TPSA) is 66.7 Å². The highest BCUT2D eigenvalue weighted by atomic mass is 32.2. The van der Waals surface area contributed by atoms with Gasteiger partial charge in [-0.3, -0.25) is 18.9 Å². The van der Waals surface area contributed by atoms with E-state index in [1.807, 2.05) is 26.0 Å². The van der Waals surface area contributed by atoms with Crippen molar-refractivity contribution < 1.29 is 4.79 Å². The van der Waals surface area contributed by atoms with Crippen LogP contribution in [0.25, 0.3) is 11.7 Å². The van der Waals surface area contributed by atoms with Crippen molar-refractivity contribution >= 4 is 51.7 Å². The van der Waals surface area contributed by atoms with E-state index in [4.69, 9.17) is 12.2 Å². The van der Waals surface area contributed by atoms with Crippen LogP contribution in [0.5, 0.6) is 0 Å². The van der Waals surface area contributed by atoms with E-state index in [2.05, 4.69) is 17.2 Å². The number of aryl methyl sites for hydroxylation is 1. The average Bonchev–Trinajstić information content (AvgIpc) is 2.99. The number of aromatic nitrogens is 2. The van der Waals surface area contributed by atoms with Crippen molar-refractivity contribution in [3.63, 3.8) is 0 Å². The van der Waals surface area contributed by atoms with Gasteiger partial charge in [0.25, 0.3) is 11.5 Å². The zero-order chi connectivity index (χ0) is 21.7. The van der Waals surface area contributed by atoms with Crippen molar-refractivity contribution in [3.05, 3.63) is 44.7 Å².